The van der Waals surface area contributed by atoms with Crippen LogP contribution in [-0.2, 0) is 6.54 Å². The molecule has 0 unspecified atom stereocenters. The van der Waals surface area contributed by atoms with E-state index in [0.717, 1.165) is 15.5 Å². The topological polar surface area (TPSA) is 90.9 Å². The second-order valence-electron chi connectivity index (χ2n) is 3.43. The summed E-state index contributed by atoms with van der Waals surface area (Å²) in [6, 6.07) is 6.88. The molecule has 2 aromatic rings. The monoisotopic (exact) mass is 310 g/mol. The zero-order valence-electron chi connectivity index (χ0n) is 8.99. The van der Waals surface area contributed by atoms with Gasteiger partial charge < -0.3 is 10.1 Å². The van der Waals surface area contributed by atoms with Crippen LogP contribution >= 0.6 is 15.9 Å². The Morgan fingerprint density at radius 1 is 1.50 bits per heavy atom. The smallest absolute Gasteiger partial charge is 0.390 e. The van der Waals surface area contributed by atoms with Crippen LogP contribution in [-0.4, -0.2) is 25.5 Å². The highest BCUT2D eigenvalue weighted by Gasteiger charge is 2.16. The first-order valence-electron chi connectivity index (χ1n) is 4.89. The van der Waals surface area contributed by atoms with Gasteiger partial charge in [-0.25, -0.2) is 0 Å². The molecule has 8 heteroatoms. The van der Waals surface area contributed by atoms with Crippen LogP contribution in [0, 0.1) is 10.1 Å². The van der Waals surface area contributed by atoms with Crippen LogP contribution < -0.4 is 0 Å². The fourth-order valence-corrected chi connectivity index (χ4v) is 1.74. The number of carbonyl (C=O) groups excluding carboxylic acids is 1. The molecular formula is C10H7BrN4O3. The number of nitro groups is 1. The predicted molar refractivity (Wildman–Crippen MR) is 65.1 cm³/mol. The van der Waals surface area contributed by atoms with Gasteiger partial charge in [-0.05, 0) is 17.1 Å². The molecule has 0 fully saturated rings. The van der Waals surface area contributed by atoms with Gasteiger partial charge in [-0.2, -0.15) is 4.68 Å². The van der Waals surface area contributed by atoms with Crippen LogP contribution in [0.25, 0.3) is 0 Å². The van der Waals surface area contributed by atoms with Gasteiger partial charge in [-0.15, -0.1) is 0 Å². The van der Waals surface area contributed by atoms with Crippen LogP contribution in [0.3, 0.4) is 0 Å². The molecule has 18 heavy (non-hydrogen) atoms. The minimum absolute atomic E-state index is 0.0860. The quantitative estimate of drug-likeness (QED) is 0.488. The number of aromatic nitrogens is 3. The molecule has 0 bridgehead atoms. The predicted octanol–water partition coefficient (Wildman–Crippen LogP) is 1.83. The molecule has 0 aliphatic rings. The summed E-state index contributed by atoms with van der Waals surface area (Å²) in [5, 5.41) is 14.0. The van der Waals surface area contributed by atoms with Crippen molar-refractivity contribution in [3.63, 3.8) is 0 Å². The van der Waals surface area contributed by atoms with Crippen molar-refractivity contribution in [2.45, 2.75) is 6.54 Å². The molecule has 1 aromatic heterocycles. The summed E-state index contributed by atoms with van der Waals surface area (Å²) in [6.45, 7) is -0.0860. The lowest BCUT2D eigenvalue weighted by molar-refractivity contribution is -0.394. The minimum Gasteiger partial charge on any atom is -0.390 e. The molecule has 0 N–H and O–H groups in total. The summed E-state index contributed by atoms with van der Waals surface area (Å²) >= 11 is 3.26. The van der Waals surface area contributed by atoms with E-state index in [1.165, 1.54) is 0 Å². The molecule has 0 saturated heterocycles. The normalized spacial score (nSPS) is 10.3. The lowest BCUT2D eigenvalue weighted by Crippen LogP contribution is -2.11. The van der Waals surface area contributed by atoms with Crippen molar-refractivity contribution in [3.8, 4) is 0 Å². The number of rotatable bonds is 4. The average Bonchev–Trinajstić information content (AvgIpc) is 2.77. The van der Waals surface area contributed by atoms with Gasteiger partial charge in [-0.3, -0.25) is 4.79 Å². The first-order chi connectivity index (χ1) is 8.56. The average molecular weight is 311 g/mol. The van der Waals surface area contributed by atoms with Crippen LogP contribution in [0.1, 0.15) is 10.4 Å². The maximum atomic E-state index is 11.9. The number of hydrogen-bond donors (Lipinski definition) is 0. The highest BCUT2D eigenvalue weighted by molar-refractivity contribution is 9.10. The Hall–Kier alpha value is -2.09. The number of hydrogen-bond acceptors (Lipinski definition) is 5. The third-order valence-electron chi connectivity index (χ3n) is 2.14. The number of carbonyl (C=O) groups is 1. The third-order valence-corrected chi connectivity index (χ3v) is 2.63. The van der Waals surface area contributed by atoms with Crippen molar-refractivity contribution in [3.05, 3.63) is 50.7 Å². The van der Waals surface area contributed by atoms with Crippen LogP contribution in [0.4, 0.5) is 5.95 Å². The van der Waals surface area contributed by atoms with E-state index in [0.29, 0.717) is 5.56 Å². The van der Waals surface area contributed by atoms with Gasteiger partial charge in [-0.1, -0.05) is 33.0 Å². The van der Waals surface area contributed by atoms with Crippen LogP contribution in [0.2, 0.25) is 0 Å². The number of Topliss-reactive ketones (excluding diaryl/α,β-unsaturated/α-hetero) is 1. The van der Waals surface area contributed by atoms with E-state index in [-0.39, 0.29) is 12.3 Å². The number of benzene rings is 1. The highest BCUT2D eigenvalue weighted by Crippen LogP contribution is 2.12. The Morgan fingerprint density at radius 2 is 2.28 bits per heavy atom. The molecule has 92 valence electrons. The van der Waals surface area contributed by atoms with Crippen molar-refractivity contribution in [1.29, 1.82) is 0 Å². The zero-order valence-corrected chi connectivity index (χ0v) is 10.6. The summed E-state index contributed by atoms with van der Waals surface area (Å²) in [6.07, 6.45) is 1.16. The van der Waals surface area contributed by atoms with Crippen molar-refractivity contribution in [2.24, 2.45) is 0 Å². The van der Waals surface area contributed by atoms with Gasteiger partial charge in [0.2, 0.25) is 6.33 Å². The number of ketones is 1. The van der Waals surface area contributed by atoms with Crippen molar-refractivity contribution < 1.29 is 9.72 Å². The van der Waals surface area contributed by atoms with E-state index in [2.05, 4.69) is 26.0 Å². The first-order valence-corrected chi connectivity index (χ1v) is 5.68. The summed E-state index contributed by atoms with van der Waals surface area (Å²) < 4.78 is 1.93. The molecule has 7 nitrogen and oxygen atoms in total. The van der Waals surface area contributed by atoms with Crippen molar-refractivity contribution in [2.75, 3.05) is 0 Å². The molecule has 0 radical (unpaired) electrons. The van der Waals surface area contributed by atoms with Gasteiger partial charge in [0.15, 0.2) is 5.78 Å². The molecule has 0 saturated carbocycles. The summed E-state index contributed by atoms with van der Waals surface area (Å²) in [5.41, 5.74) is 0.502. The van der Waals surface area contributed by atoms with Gasteiger partial charge in [0.25, 0.3) is 0 Å². The first kappa shape index (κ1) is 12.4. The minimum atomic E-state index is -0.708. The molecule has 2 rings (SSSR count). The fraction of sp³-hybridized carbons (Fsp3) is 0.100. The second kappa shape index (κ2) is 5.05. The lowest BCUT2D eigenvalue weighted by atomic mass is 10.1. The van der Waals surface area contributed by atoms with Crippen LogP contribution in [0.5, 0.6) is 0 Å². The van der Waals surface area contributed by atoms with Gasteiger partial charge in [0, 0.05) is 15.1 Å². The number of nitrogens with zero attached hydrogens (tertiary/aromatic N) is 4. The molecule has 0 amide bonds. The Balaban J connectivity index is 2.13. The van der Waals surface area contributed by atoms with E-state index in [1.54, 1.807) is 24.3 Å². The molecular weight excluding hydrogens is 304 g/mol. The number of halogens is 1. The van der Waals surface area contributed by atoms with Crippen molar-refractivity contribution >= 4 is 27.7 Å². The largest absolute Gasteiger partial charge is 0.490 e. The van der Waals surface area contributed by atoms with Crippen molar-refractivity contribution in [1.82, 2.24) is 14.8 Å². The van der Waals surface area contributed by atoms with E-state index < -0.39 is 10.9 Å². The summed E-state index contributed by atoms with van der Waals surface area (Å²) in [5.74, 6) is -0.715. The second-order valence-corrected chi connectivity index (χ2v) is 4.35. The molecule has 0 aliphatic carbocycles. The Morgan fingerprint density at radius 3 is 2.89 bits per heavy atom. The summed E-state index contributed by atoms with van der Waals surface area (Å²) in [4.78, 5) is 25.0. The summed E-state index contributed by atoms with van der Waals surface area (Å²) in [7, 11) is 0. The van der Waals surface area contributed by atoms with Gasteiger partial charge in [0.05, 0.1) is 0 Å². The fourth-order valence-electron chi connectivity index (χ4n) is 1.34. The Bertz CT molecular complexity index is 611. The molecule has 1 heterocycles. The lowest BCUT2D eigenvalue weighted by Gasteiger charge is -1.99. The molecule has 1 aromatic carbocycles. The van der Waals surface area contributed by atoms with E-state index >= 15 is 0 Å². The maximum absolute atomic E-state index is 11.9. The SMILES string of the molecule is O=C(Cn1cnc([N+](=O)[O-])n1)c1cccc(Br)c1. The standard InChI is InChI=1S/C10H7BrN4O3/c11-8-3-1-2-7(4-8)9(16)5-14-6-12-10(13-14)15(17)18/h1-4,6H,5H2. The molecule has 0 aliphatic heterocycles. The Kier molecular flexibility index (Phi) is 3.47. The van der Waals surface area contributed by atoms with Gasteiger partial charge >= 0.3 is 5.95 Å². The maximum Gasteiger partial charge on any atom is 0.490 e. The molecule has 0 spiro atoms. The highest BCUT2D eigenvalue weighted by atomic mass is 79.9. The van der Waals surface area contributed by atoms with Crippen LogP contribution in [0.15, 0.2) is 35.1 Å². The Labute approximate surface area is 110 Å². The van der Waals surface area contributed by atoms with Gasteiger partial charge in [0.1, 0.15) is 6.54 Å². The van der Waals surface area contributed by atoms with E-state index in [9.17, 15) is 14.9 Å². The van der Waals surface area contributed by atoms with E-state index in [1.807, 2.05) is 0 Å². The van der Waals surface area contributed by atoms with E-state index in [4.69, 9.17) is 0 Å². The third kappa shape index (κ3) is 2.77. The molecule has 0 atom stereocenters. The zero-order chi connectivity index (χ0) is 13.1.